The van der Waals surface area contributed by atoms with Crippen molar-refractivity contribution in [3.05, 3.63) is 84.2 Å². The van der Waals surface area contributed by atoms with E-state index in [9.17, 15) is 26.4 Å². The topological polar surface area (TPSA) is 101 Å². The number of hydrogen-bond acceptors (Lipinski definition) is 5. The Balaban J connectivity index is 1.61. The molecular formula is C20H15F3N4O3S. The van der Waals surface area contributed by atoms with Crippen molar-refractivity contribution in [1.82, 2.24) is 9.97 Å². The summed E-state index contributed by atoms with van der Waals surface area (Å²) >= 11 is 0. The van der Waals surface area contributed by atoms with Gasteiger partial charge in [-0.25, -0.2) is 23.1 Å². The predicted octanol–water partition coefficient (Wildman–Crippen LogP) is 3.95. The van der Waals surface area contributed by atoms with Crippen molar-refractivity contribution in [3.8, 4) is 0 Å². The highest BCUT2D eigenvalue weighted by Gasteiger charge is 2.29. The van der Waals surface area contributed by atoms with Gasteiger partial charge < -0.3 is 5.32 Å². The van der Waals surface area contributed by atoms with Crippen LogP contribution in [0.4, 0.5) is 24.8 Å². The van der Waals surface area contributed by atoms with E-state index in [2.05, 4.69) is 20.0 Å². The molecule has 0 atom stereocenters. The van der Waals surface area contributed by atoms with Gasteiger partial charge in [-0.2, -0.15) is 13.2 Å². The summed E-state index contributed by atoms with van der Waals surface area (Å²) in [5, 5.41) is 2.53. The summed E-state index contributed by atoms with van der Waals surface area (Å²) in [6, 6.07) is 11.2. The van der Waals surface area contributed by atoms with Crippen LogP contribution in [-0.2, 0) is 21.0 Å². The summed E-state index contributed by atoms with van der Waals surface area (Å²) in [6.45, 7) is 0. The lowest BCUT2D eigenvalue weighted by molar-refractivity contribution is -0.137. The third-order valence-corrected chi connectivity index (χ3v) is 5.23. The van der Waals surface area contributed by atoms with Gasteiger partial charge in [0.25, 0.3) is 10.0 Å². The fourth-order valence-corrected chi connectivity index (χ4v) is 3.35. The third kappa shape index (κ3) is 6.12. The van der Waals surface area contributed by atoms with Crippen molar-refractivity contribution in [2.24, 2.45) is 0 Å². The zero-order valence-electron chi connectivity index (χ0n) is 15.7. The second kappa shape index (κ2) is 8.96. The highest BCUT2D eigenvalue weighted by Crippen LogP contribution is 2.29. The lowest BCUT2D eigenvalue weighted by Crippen LogP contribution is -2.15. The van der Waals surface area contributed by atoms with Crippen LogP contribution < -0.4 is 10.0 Å². The molecule has 3 aromatic rings. The number of sulfonamides is 1. The summed E-state index contributed by atoms with van der Waals surface area (Å²) < 4.78 is 64.5. The molecule has 0 bridgehead atoms. The summed E-state index contributed by atoms with van der Waals surface area (Å²) in [4.78, 5) is 19.5. The Kier molecular flexibility index (Phi) is 6.35. The summed E-state index contributed by atoms with van der Waals surface area (Å²) in [5.74, 6) is -0.611. The molecule has 31 heavy (non-hydrogen) atoms. The van der Waals surface area contributed by atoms with E-state index in [4.69, 9.17) is 0 Å². The maximum absolute atomic E-state index is 12.6. The number of nitrogens with one attached hydrogen (secondary N) is 2. The van der Waals surface area contributed by atoms with E-state index in [1.165, 1.54) is 54.9 Å². The molecule has 0 spiro atoms. The molecule has 2 aromatic carbocycles. The van der Waals surface area contributed by atoms with Crippen LogP contribution in [-0.4, -0.2) is 24.3 Å². The number of benzene rings is 2. The first-order valence-corrected chi connectivity index (χ1v) is 10.2. The lowest BCUT2D eigenvalue weighted by Gasteiger charge is -2.07. The molecule has 11 heteroatoms. The fraction of sp³-hybridized carbons (Fsp3) is 0.0500. The van der Waals surface area contributed by atoms with Gasteiger partial charge in [-0.05, 0) is 54.1 Å². The summed E-state index contributed by atoms with van der Waals surface area (Å²) in [5.41, 5.74) is -0.0340. The highest BCUT2D eigenvalue weighted by molar-refractivity contribution is 7.92. The van der Waals surface area contributed by atoms with Gasteiger partial charge in [0.05, 0.1) is 10.5 Å². The number of anilines is 2. The number of hydrogen-bond donors (Lipinski definition) is 2. The number of nitrogens with zero attached hydrogens (tertiary/aromatic N) is 2. The van der Waals surface area contributed by atoms with Crippen LogP contribution in [0.15, 0.2) is 78.0 Å². The lowest BCUT2D eigenvalue weighted by atomic mass is 10.1. The van der Waals surface area contributed by atoms with E-state index in [-0.39, 0.29) is 10.8 Å². The van der Waals surface area contributed by atoms with Crippen LogP contribution in [0.3, 0.4) is 0 Å². The molecular weight excluding hydrogens is 433 g/mol. The van der Waals surface area contributed by atoms with Crippen molar-refractivity contribution in [1.29, 1.82) is 0 Å². The monoisotopic (exact) mass is 448 g/mol. The molecule has 2 N–H and O–H groups in total. The van der Waals surface area contributed by atoms with Crippen LogP contribution >= 0.6 is 0 Å². The zero-order chi connectivity index (χ0) is 22.5. The van der Waals surface area contributed by atoms with Gasteiger partial charge in [-0.3, -0.25) is 4.79 Å². The molecule has 0 saturated heterocycles. The van der Waals surface area contributed by atoms with Crippen molar-refractivity contribution in [3.63, 3.8) is 0 Å². The fourth-order valence-electron chi connectivity index (χ4n) is 2.39. The Morgan fingerprint density at radius 2 is 1.55 bits per heavy atom. The average Bonchev–Trinajstić information content (AvgIpc) is 2.73. The first-order valence-electron chi connectivity index (χ1n) is 8.70. The van der Waals surface area contributed by atoms with Crippen molar-refractivity contribution < 1.29 is 26.4 Å². The Hall–Kier alpha value is -3.73. The molecule has 0 radical (unpaired) electrons. The smallest absolute Gasteiger partial charge is 0.323 e. The number of carbonyl (C=O) groups is 1. The second-order valence-corrected chi connectivity index (χ2v) is 7.83. The molecule has 7 nitrogen and oxygen atoms in total. The highest BCUT2D eigenvalue weighted by atomic mass is 32.2. The minimum atomic E-state index is -4.43. The van der Waals surface area contributed by atoms with Crippen LogP contribution in [0, 0.1) is 0 Å². The van der Waals surface area contributed by atoms with Crippen LogP contribution in [0.25, 0.3) is 6.08 Å². The minimum Gasteiger partial charge on any atom is -0.323 e. The molecule has 160 valence electrons. The normalized spacial score (nSPS) is 12.0. The van der Waals surface area contributed by atoms with Crippen LogP contribution in [0.5, 0.6) is 0 Å². The maximum atomic E-state index is 12.6. The largest absolute Gasteiger partial charge is 0.416 e. The number of amides is 1. The number of halogens is 3. The molecule has 0 saturated carbocycles. The van der Waals surface area contributed by atoms with Gasteiger partial charge >= 0.3 is 6.18 Å². The predicted molar refractivity (Wildman–Crippen MR) is 108 cm³/mol. The molecule has 3 rings (SSSR count). The van der Waals surface area contributed by atoms with Crippen molar-refractivity contribution in [2.45, 2.75) is 11.1 Å². The van der Waals surface area contributed by atoms with Crippen molar-refractivity contribution >= 4 is 33.6 Å². The van der Waals surface area contributed by atoms with E-state index in [0.717, 1.165) is 18.2 Å². The Bertz CT molecular complexity index is 1180. The first kappa shape index (κ1) is 22.0. The number of alkyl halides is 3. The van der Waals surface area contributed by atoms with E-state index < -0.39 is 27.7 Å². The van der Waals surface area contributed by atoms with E-state index in [0.29, 0.717) is 11.3 Å². The Labute approximate surface area is 175 Å². The maximum Gasteiger partial charge on any atom is 0.416 e. The van der Waals surface area contributed by atoms with E-state index >= 15 is 0 Å². The molecule has 0 aliphatic heterocycles. The Morgan fingerprint density at radius 3 is 2.13 bits per heavy atom. The van der Waals surface area contributed by atoms with Gasteiger partial charge in [0, 0.05) is 24.2 Å². The quantitative estimate of drug-likeness (QED) is 0.556. The molecule has 0 unspecified atom stereocenters. The van der Waals surface area contributed by atoms with Gasteiger partial charge in [-0.15, -0.1) is 0 Å². The van der Waals surface area contributed by atoms with Crippen molar-refractivity contribution in [2.75, 3.05) is 10.0 Å². The van der Waals surface area contributed by atoms with Gasteiger partial charge in [0.1, 0.15) is 0 Å². The number of aromatic nitrogens is 2. The van der Waals surface area contributed by atoms with E-state index in [1.54, 1.807) is 6.07 Å². The number of rotatable bonds is 6. The summed E-state index contributed by atoms with van der Waals surface area (Å²) in [6.07, 6.45) is 0.867. The minimum absolute atomic E-state index is 0.0572. The molecule has 0 aliphatic carbocycles. The molecule has 1 amide bonds. The van der Waals surface area contributed by atoms with Gasteiger partial charge in [0.15, 0.2) is 0 Å². The Morgan fingerprint density at radius 1 is 0.935 bits per heavy atom. The van der Waals surface area contributed by atoms with Gasteiger partial charge in [-0.1, -0.05) is 12.1 Å². The first-order chi connectivity index (χ1) is 14.6. The van der Waals surface area contributed by atoms with Crippen LogP contribution in [0.2, 0.25) is 0 Å². The molecule has 1 aromatic heterocycles. The third-order valence-electron chi connectivity index (χ3n) is 3.89. The average molecular weight is 448 g/mol. The molecule has 1 heterocycles. The zero-order valence-corrected chi connectivity index (χ0v) is 16.5. The molecule has 0 fully saturated rings. The summed E-state index contributed by atoms with van der Waals surface area (Å²) in [7, 11) is -3.90. The number of carbonyl (C=O) groups excluding carboxylic acids is 1. The van der Waals surface area contributed by atoms with E-state index in [1.807, 2.05) is 0 Å². The van der Waals surface area contributed by atoms with Crippen LogP contribution in [0.1, 0.15) is 11.1 Å². The molecule has 0 aliphatic rings. The van der Waals surface area contributed by atoms with Gasteiger partial charge in [0.2, 0.25) is 11.9 Å². The SMILES string of the molecule is O=C(/C=C/c1ccc(C(F)(F)F)cc1)Nc1ccc(S(=O)(=O)Nc2ncccn2)cc1. The second-order valence-electron chi connectivity index (χ2n) is 6.14. The standard InChI is InChI=1S/C20H15F3N4O3S/c21-20(22,23)15-5-2-14(3-6-15)4-11-18(28)26-16-7-9-17(10-8-16)31(29,30)27-19-24-12-1-13-25-19/h1-13H,(H,26,28)(H,24,25,27)/b11-4+.